The Morgan fingerprint density at radius 2 is 1.15 bits per heavy atom. The number of rotatable bonds is 13. The number of hydrogen-bond donors (Lipinski definition) is 2. The molecule has 0 aliphatic carbocycles. The Bertz CT molecular complexity index is 633. The minimum atomic E-state index is -0.456. The molecule has 1 atom stereocenters. The van der Waals surface area contributed by atoms with Gasteiger partial charge in [0.15, 0.2) is 0 Å². The third-order valence-electron chi connectivity index (χ3n) is 2.11. The molecule has 29 heteroatoms. The SMILES string of the molecule is CCC(N)c1cn[nH]n1.I[I-]I(I)I(I)I(I)I(I)I(I)I(I)I(I)I(I)I(I)I(I)I(I)I. The number of H-pyrrole nitrogens is 1. The molecule has 1 aromatic rings. The molecular weight excluding hydrogens is 3290 g/mol. The number of nitrogens with two attached hydrogens (primary N) is 1. The fraction of sp³-hybridized carbons (Fsp3) is 0.600. The third kappa shape index (κ3) is 22.0. The Hall–Kier alpha value is 17.4. The third-order valence-corrected chi connectivity index (χ3v) is 1740. The van der Waals surface area contributed by atoms with E-state index in [4.69, 9.17) is 5.73 Å². The summed E-state index contributed by atoms with van der Waals surface area (Å²) in [6, 6.07) is 0.0312. The van der Waals surface area contributed by atoms with Crippen LogP contribution in [-0.2, 0) is 0 Å². The van der Waals surface area contributed by atoms with Gasteiger partial charge in [0.2, 0.25) is 0 Å². The normalized spacial score (nSPS) is 16.9. The van der Waals surface area contributed by atoms with Gasteiger partial charge in [0.1, 0.15) is 0 Å². The molecule has 4 nitrogen and oxygen atoms in total. The molecular formula is C5H10I25N4-. The van der Waals surface area contributed by atoms with E-state index in [1.807, 2.05) is 6.92 Å². The van der Waals surface area contributed by atoms with Gasteiger partial charge in [-0.1, -0.05) is 6.92 Å². The van der Waals surface area contributed by atoms with Crippen molar-refractivity contribution >= 4 is 329 Å². The van der Waals surface area contributed by atoms with Crippen LogP contribution in [0, 0.1) is 0 Å². The second kappa shape index (κ2) is 31.5. The average Bonchev–Trinajstić information content (AvgIpc) is 3.38. The van der Waals surface area contributed by atoms with E-state index in [1.54, 1.807) is 6.20 Å². The molecule has 0 aromatic carbocycles. The van der Waals surface area contributed by atoms with Crippen LogP contribution < -0.4 is 19.0 Å². The van der Waals surface area contributed by atoms with Crippen LogP contribution in [-0.4, -0.2) is 15.4 Å². The van der Waals surface area contributed by atoms with E-state index in [0.717, 1.165) is 12.1 Å². The van der Waals surface area contributed by atoms with Crippen LogP contribution in [0.4, 0.5) is 0 Å². The maximum atomic E-state index is 5.62. The van der Waals surface area contributed by atoms with Crippen molar-refractivity contribution in [2.75, 3.05) is 0 Å². The zero-order valence-corrected chi connectivity index (χ0v) is 68.7. The zero-order valence-electron chi connectivity index (χ0n) is 14.8. The fourth-order valence-electron chi connectivity index (χ4n) is 0.891. The number of nitrogens with zero attached hydrogens (tertiary/aromatic N) is 2. The first-order valence-electron chi connectivity index (χ1n) is 6.38. The summed E-state index contributed by atoms with van der Waals surface area (Å²) in [5.74, 6) is 0. The number of aromatic amines is 1. The van der Waals surface area contributed by atoms with Gasteiger partial charge >= 0.3 is 342 Å². The van der Waals surface area contributed by atoms with Gasteiger partial charge in [-0.15, -0.1) is 0 Å². The molecule has 226 valence electrons. The minimum absolute atomic E-state index is 0.0312. The molecule has 1 aromatic heterocycles. The predicted octanol–water partition coefficient (Wildman–Crippen LogP) is 18.5. The van der Waals surface area contributed by atoms with Gasteiger partial charge in [-0.2, -0.15) is 15.4 Å². The monoisotopic (exact) mass is 3300 g/mol. The van der Waals surface area contributed by atoms with Gasteiger partial charge in [0.25, 0.3) is 0 Å². The number of nitrogens with one attached hydrogen (secondary N) is 1. The van der Waals surface area contributed by atoms with Crippen molar-refractivity contribution in [2.24, 2.45) is 5.73 Å². The molecule has 1 rings (SSSR count). The molecule has 34 heavy (non-hydrogen) atoms. The van der Waals surface area contributed by atoms with Gasteiger partial charge in [-0.05, 0) is 6.42 Å². The van der Waals surface area contributed by atoms with Crippen molar-refractivity contribution in [3.8, 4) is 0 Å². The summed E-state index contributed by atoms with van der Waals surface area (Å²) in [5, 5.41) is 9.97. The Morgan fingerprint density at radius 3 is 1.44 bits per heavy atom. The second-order valence-corrected chi connectivity index (χ2v) is 556. The first-order chi connectivity index (χ1) is 15.7. The van der Waals surface area contributed by atoms with E-state index in [1.165, 1.54) is 0 Å². The summed E-state index contributed by atoms with van der Waals surface area (Å²) in [4.78, 5) is 0. The molecule has 1 heterocycles. The van der Waals surface area contributed by atoms with Crippen molar-refractivity contribution in [3.63, 3.8) is 0 Å². The standard InChI is InChI=1S/C5H10N4.I25/c1-2-4(6)5-3-7-9-8-5;1-14-16(4)18(6)20(8)22(10)24(12)25(13)23(11)21(9)19(7)17(5)15(2)3/h3-4H,2,6H2,1H3,(H,7,8,9);/q;-1. The molecule has 0 saturated heterocycles. The van der Waals surface area contributed by atoms with Crippen LogP contribution in [0.25, 0.3) is 0 Å². The molecule has 0 aliphatic rings. The zero-order chi connectivity index (χ0) is 26.7. The molecule has 0 saturated carbocycles. The number of hydrogen-bond acceptors (Lipinski definition) is 3. The molecule has 0 spiro atoms. The average molecular weight is 3300 g/mol. The van der Waals surface area contributed by atoms with E-state index in [0.29, 0.717) is 13.3 Å². The van der Waals surface area contributed by atoms with Gasteiger partial charge in [0.05, 0.1) is 17.9 Å². The van der Waals surface area contributed by atoms with Crippen LogP contribution in [0.3, 0.4) is 0 Å². The Kier molecular flexibility index (Phi) is 47.6. The van der Waals surface area contributed by atoms with E-state index < -0.39 is 71.0 Å². The first-order valence-corrected chi connectivity index (χ1v) is 157. The quantitative estimate of drug-likeness (QED) is 0.193. The summed E-state index contributed by atoms with van der Waals surface area (Å²) in [5.41, 5.74) is 6.45. The van der Waals surface area contributed by atoms with Crippen LogP contribution in [0.5, 0.6) is 0 Å². The Morgan fingerprint density at radius 1 is 0.765 bits per heavy atom. The van der Waals surface area contributed by atoms with E-state index in [2.05, 4.69) is 257 Å². The fourth-order valence-corrected chi connectivity index (χ4v) is 3980. The van der Waals surface area contributed by atoms with Crippen molar-refractivity contribution in [1.29, 1.82) is 0 Å². The summed E-state index contributed by atoms with van der Waals surface area (Å²) in [7, 11) is -4.61. The Labute approximate surface area is 375 Å². The van der Waals surface area contributed by atoms with Gasteiger partial charge in [-0.25, -0.2) is 0 Å². The molecule has 0 bridgehead atoms. The number of aromatic nitrogens is 3. The predicted molar refractivity (Wildman–Crippen MR) is 370 cm³/mol. The molecule has 3 N–H and O–H groups in total. The topological polar surface area (TPSA) is 67.6 Å². The summed E-state index contributed by atoms with van der Waals surface area (Å²) >= 11 is 41.0. The van der Waals surface area contributed by atoms with Crippen molar-refractivity contribution in [2.45, 2.75) is 19.4 Å². The van der Waals surface area contributed by atoms with E-state index in [-0.39, 0.29) is 21.8 Å². The van der Waals surface area contributed by atoms with Crippen molar-refractivity contribution in [1.82, 2.24) is 15.4 Å². The second-order valence-electron chi connectivity index (χ2n) is 3.75. The van der Waals surface area contributed by atoms with Crippen molar-refractivity contribution in [3.05, 3.63) is 11.9 Å². The number of halogens is 25. The molecule has 1 unspecified atom stereocenters. The van der Waals surface area contributed by atoms with Gasteiger partial charge in [-0.3, -0.25) is 0 Å². The molecule has 0 radical (unpaired) electrons. The van der Waals surface area contributed by atoms with Crippen LogP contribution in [0.15, 0.2) is 6.20 Å². The van der Waals surface area contributed by atoms with Crippen LogP contribution in [0.2, 0.25) is 0 Å². The van der Waals surface area contributed by atoms with Gasteiger partial charge in [0, 0.05) is 0 Å². The maximum absolute atomic E-state index is 5.62. The van der Waals surface area contributed by atoms with Crippen molar-refractivity contribution < 1.29 is 13.3 Å². The Balaban J connectivity index is 0.000000999. The molecule has 0 aliphatic heterocycles. The molecule has 0 fully saturated rings. The summed E-state index contributed by atoms with van der Waals surface area (Å²) < 4.78 is 0. The van der Waals surface area contributed by atoms with Gasteiger partial charge < -0.3 is 5.73 Å². The van der Waals surface area contributed by atoms with Crippen LogP contribution >= 0.6 is 329 Å². The molecule has 0 amide bonds. The van der Waals surface area contributed by atoms with E-state index >= 15 is 0 Å². The summed E-state index contributed by atoms with van der Waals surface area (Å²) in [6.45, 7) is 2.01. The van der Waals surface area contributed by atoms with Crippen LogP contribution in [0.1, 0.15) is 25.1 Å². The van der Waals surface area contributed by atoms with E-state index in [9.17, 15) is 0 Å². The first kappa shape index (κ1) is 51.4. The summed E-state index contributed by atoms with van der Waals surface area (Å²) in [6.07, 6.45) is 2.54.